The van der Waals surface area contributed by atoms with Crippen molar-refractivity contribution < 1.29 is 9.47 Å². The molecule has 3 nitrogen and oxygen atoms in total. The highest BCUT2D eigenvalue weighted by Crippen LogP contribution is 2.23. The summed E-state index contributed by atoms with van der Waals surface area (Å²) in [4.78, 5) is 0. The zero-order chi connectivity index (χ0) is 9.80. The summed E-state index contributed by atoms with van der Waals surface area (Å²) >= 11 is 0. The minimum atomic E-state index is 0.161. The quantitative estimate of drug-likeness (QED) is 0.729. The molecule has 1 atom stereocenters. The van der Waals surface area contributed by atoms with Crippen LogP contribution in [-0.2, 0) is 4.74 Å². The van der Waals surface area contributed by atoms with Crippen LogP contribution in [0.2, 0.25) is 0 Å². The van der Waals surface area contributed by atoms with E-state index >= 15 is 0 Å². The summed E-state index contributed by atoms with van der Waals surface area (Å²) in [6.45, 7) is 1.53. The number of nitrogen functional groups attached to an aromatic ring is 1. The number of para-hydroxylation sites is 2. The highest BCUT2D eigenvalue weighted by Gasteiger charge is 2.15. The second-order valence-corrected chi connectivity index (χ2v) is 3.49. The highest BCUT2D eigenvalue weighted by molar-refractivity contribution is 5.51. The molecule has 1 unspecified atom stereocenters. The Morgan fingerprint density at radius 1 is 1.36 bits per heavy atom. The Bertz CT molecular complexity index is 295. The van der Waals surface area contributed by atoms with Crippen LogP contribution in [0.15, 0.2) is 24.3 Å². The molecular formula is C11H15NO2. The van der Waals surface area contributed by atoms with E-state index in [-0.39, 0.29) is 6.10 Å². The van der Waals surface area contributed by atoms with E-state index in [1.165, 1.54) is 0 Å². The molecule has 3 heteroatoms. The van der Waals surface area contributed by atoms with Crippen LogP contribution in [-0.4, -0.2) is 19.3 Å². The Labute approximate surface area is 83.8 Å². The number of nitrogens with two attached hydrogens (primary N) is 1. The highest BCUT2D eigenvalue weighted by atomic mass is 16.5. The van der Waals surface area contributed by atoms with Gasteiger partial charge in [-0.25, -0.2) is 0 Å². The Hall–Kier alpha value is -1.22. The second-order valence-electron chi connectivity index (χ2n) is 3.49. The second kappa shape index (κ2) is 4.33. The Morgan fingerprint density at radius 2 is 2.21 bits per heavy atom. The summed E-state index contributed by atoms with van der Waals surface area (Å²) in [6.07, 6.45) is 2.28. The normalized spacial score (nSPS) is 21.9. The van der Waals surface area contributed by atoms with Crippen LogP contribution >= 0.6 is 0 Å². The van der Waals surface area contributed by atoms with Gasteiger partial charge in [-0.1, -0.05) is 12.1 Å². The molecular weight excluding hydrogens is 178 g/mol. The average molecular weight is 193 g/mol. The molecule has 1 aliphatic rings. The maximum atomic E-state index is 5.77. The van der Waals surface area contributed by atoms with E-state index in [4.69, 9.17) is 15.2 Å². The Balaban J connectivity index is 1.99. The van der Waals surface area contributed by atoms with Gasteiger partial charge < -0.3 is 15.2 Å². The minimum absolute atomic E-state index is 0.161. The largest absolute Gasteiger partial charge is 0.486 e. The van der Waals surface area contributed by atoms with E-state index in [1.54, 1.807) is 0 Å². The van der Waals surface area contributed by atoms with Crippen molar-refractivity contribution in [1.82, 2.24) is 0 Å². The van der Waals surface area contributed by atoms with Crippen molar-refractivity contribution in [2.24, 2.45) is 0 Å². The lowest BCUT2D eigenvalue weighted by Crippen LogP contribution is -2.28. The van der Waals surface area contributed by atoms with Gasteiger partial charge in [-0.05, 0) is 25.0 Å². The van der Waals surface area contributed by atoms with E-state index in [1.807, 2.05) is 24.3 Å². The fourth-order valence-electron chi connectivity index (χ4n) is 1.57. The van der Waals surface area contributed by atoms with Crippen molar-refractivity contribution in [3.05, 3.63) is 24.3 Å². The van der Waals surface area contributed by atoms with Gasteiger partial charge in [0.2, 0.25) is 0 Å². The average Bonchev–Trinajstić information content (AvgIpc) is 2.23. The number of hydrogen-bond acceptors (Lipinski definition) is 3. The fourth-order valence-corrected chi connectivity index (χ4v) is 1.57. The molecule has 1 saturated heterocycles. The van der Waals surface area contributed by atoms with Crippen LogP contribution in [0.1, 0.15) is 12.8 Å². The third-order valence-electron chi connectivity index (χ3n) is 2.33. The van der Waals surface area contributed by atoms with Gasteiger partial charge in [0.25, 0.3) is 0 Å². The molecule has 1 aromatic carbocycles. The maximum absolute atomic E-state index is 5.77. The molecule has 0 aliphatic carbocycles. The van der Waals surface area contributed by atoms with Crippen LogP contribution in [0.5, 0.6) is 5.75 Å². The molecule has 0 bridgehead atoms. The topological polar surface area (TPSA) is 44.5 Å². The number of ether oxygens (including phenoxy) is 2. The first kappa shape index (κ1) is 9.34. The van der Waals surface area contributed by atoms with Gasteiger partial charge in [0.1, 0.15) is 11.9 Å². The number of anilines is 1. The molecule has 14 heavy (non-hydrogen) atoms. The van der Waals surface area contributed by atoms with Gasteiger partial charge in [-0.3, -0.25) is 0 Å². The molecule has 0 radical (unpaired) electrons. The zero-order valence-corrected chi connectivity index (χ0v) is 8.11. The fraction of sp³-hybridized carbons (Fsp3) is 0.455. The summed E-state index contributed by atoms with van der Waals surface area (Å²) in [6, 6.07) is 7.57. The van der Waals surface area contributed by atoms with E-state index in [0.717, 1.165) is 25.2 Å². The van der Waals surface area contributed by atoms with Crippen LogP contribution in [0.25, 0.3) is 0 Å². The zero-order valence-electron chi connectivity index (χ0n) is 8.11. The first-order valence-electron chi connectivity index (χ1n) is 4.95. The smallest absolute Gasteiger partial charge is 0.142 e. The Morgan fingerprint density at radius 3 is 2.93 bits per heavy atom. The maximum Gasteiger partial charge on any atom is 0.142 e. The van der Waals surface area contributed by atoms with E-state index in [0.29, 0.717) is 12.3 Å². The van der Waals surface area contributed by atoms with Crippen molar-refractivity contribution in [2.75, 3.05) is 18.9 Å². The number of benzene rings is 1. The number of rotatable bonds is 2. The standard InChI is InChI=1S/C11H15NO2/c12-10-5-1-2-6-11(10)14-9-4-3-7-13-8-9/h1-2,5-6,9H,3-4,7-8,12H2. The molecule has 1 aromatic rings. The van der Waals surface area contributed by atoms with E-state index < -0.39 is 0 Å². The van der Waals surface area contributed by atoms with Crippen LogP contribution < -0.4 is 10.5 Å². The minimum Gasteiger partial charge on any atom is -0.486 e. The van der Waals surface area contributed by atoms with E-state index in [2.05, 4.69) is 0 Å². The van der Waals surface area contributed by atoms with Crippen molar-refractivity contribution >= 4 is 5.69 Å². The summed E-state index contributed by atoms with van der Waals surface area (Å²) in [7, 11) is 0. The third kappa shape index (κ3) is 2.17. The molecule has 2 N–H and O–H groups in total. The van der Waals surface area contributed by atoms with Crippen molar-refractivity contribution in [2.45, 2.75) is 18.9 Å². The molecule has 76 valence electrons. The predicted octanol–water partition coefficient (Wildman–Crippen LogP) is 1.83. The van der Waals surface area contributed by atoms with Crippen molar-refractivity contribution in [3.8, 4) is 5.75 Å². The Kier molecular flexibility index (Phi) is 2.89. The van der Waals surface area contributed by atoms with Gasteiger partial charge >= 0.3 is 0 Å². The van der Waals surface area contributed by atoms with Gasteiger partial charge in [0.15, 0.2) is 0 Å². The van der Waals surface area contributed by atoms with Crippen LogP contribution in [0.4, 0.5) is 5.69 Å². The van der Waals surface area contributed by atoms with Gasteiger partial charge in [0.05, 0.1) is 12.3 Å². The van der Waals surface area contributed by atoms with E-state index in [9.17, 15) is 0 Å². The molecule has 1 heterocycles. The summed E-state index contributed by atoms with van der Waals surface area (Å²) in [5, 5.41) is 0. The third-order valence-corrected chi connectivity index (χ3v) is 2.33. The first-order chi connectivity index (χ1) is 6.86. The lowest BCUT2D eigenvalue weighted by Gasteiger charge is -2.23. The molecule has 1 fully saturated rings. The van der Waals surface area contributed by atoms with Crippen LogP contribution in [0.3, 0.4) is 0 Å². The van der Waals surface area contributed by atoms with Crippen molar-refractivity contribution in [1.29, 1.82) is 0 Å². The number of hydrogen-bond donors (Lipinski definition) is 1. The lowest BCUT2D eigenvalue weighted by molar-refractivity contribution is 0.00776. The van der Waals surface area contributed by atoms with Crippen molar-refractivity contribution in [3.63, 3.8) is 0 Å². The first-order valence-corrected chi connectivity index (χ1v) is 4.95. The molecule has 0 spiro atoms. The lowest BCUT2D eigenvalue weighted by atomic mass is 10.2. The molecule has 0 aromatic heterocycles. The summed E-state index contributed by atoms with van der Waals surface area (Å²) < 4.78 is 11.1. The van der Waals surface area contributed by atoms with Gasteiger partial charge in [0, 0.05) is 6.61 Å². The molecule has 2 rings (SSSR count). The van der Waals surface area contributed by atoms with Gasteiger partial charge in [-0.2, -0.15) is 0 Å². The van der Waals surface area contributed by atoms with Gasteiger partial charge in [-0.15, -0.1) is 0 Å². The molecule has 0 saturated carbocycles. The predicted molar refractivity (Wildman–Crippen MR) is 55.3 cm³/mol. The molecule has 0 amide bonds. The summed E-state index contributed by atoms with van der Waals surface area (Å²) in [5.74, 6) is 0.767. The summed E-state index contributed by atoms with van der Waals surface area (Å²) in [5.41, 5.74) is 6.46. The molecule has 1 aliphatic heterocycles. The SMILES string of the molecule is Nc1ccccc1OC1CCCOC1. The monoisotopic (exact) mass is 193 g/mol. The van der Waals surface area contributed by atoms with Crippen LogP contribution in [0, 0.1) is 0 Å².